The number of hydrogen-bond donors (Lipinski definition) is 0. The average Bonchev–Trinajstić information content (AvgIpc) is 4.11. The molecular formula is C57H33N5OS. The maximum Gasteiger partial charge on any atom is 0.164 e. The van der Waals surface area contributed by atoms with Crippen LogP contribution in [0, 0.1) is 0 Å². The topological polar surface area (TPSA) is 61.7 Å². The van der Waals surface area contributed by atoms with Crippen molar-refractivity contribution in [1.82, 2.24) is 24.1 Å². The van der Waals surface area contributed by atoms with Gasteiger partial charge in [0, 0.05) is 74.9 Å². The fraction of sp³-hybridized carbons (Fsp3) is 0. The molecule has 0 aliphatic rings. The van der Waals surface area contributed by atoms with Crippen LogP contribution in [0.2, 0.25) is 0 Å². The summed E-state index contributed by atoms with van der Waals surface area (Å²) in [4.78, 5) is 15.7. The molecule has 0 N–H and O–H groups in total. The third kappa shape index (κ3) is 5.16. The Morgan fingerprint density at radius 3 is 1.80 bits per heavy atom. The van der Waals surface area contributed by atoms with Crippen molar-refractivity contribution in [3.8, 4) is 45.5 Å². The Labute approximate surface area is 369 Å². The highest BCUT2D eigenvalue weighted by molar-refractivity contribution is 7.26. The summed E-state index contributed by atoms with van der Waals surface area (Å²) in [7, 11) is 0. The van der Waals surface area contributed by atoms with E-state index < -0.39 is 0 Å². The molecule has 0 unspecified atom stereocenters. The molecule has 0 saturated carbocycles. The van der Waals surface area contributed by atoms with Crippen molar-refractivity contribution in [3.05, 3.63) is 200 Å². The molecule has 0 radical (unpaired) electrons. The number of para-hydroxylation sites is 4. The van der Waals surface area contributed by atoms with E-state index in [1.165, 1.54) is 48.1 Å². The number of hydrogen-bond acceptors (Lipinski definition) is 5. The Morgan fingerprint density at radius 1 is 0.359 bits per heavy atom. The monoisotopic (exact) mass is 835 g/mol. The molecule has 5 aromatic heterocycles. The van der Waals surface area contributed by atoms with E-state index in [4.69, 9.17) is 19.4 Å². The van der Waals surface area contributed by atoms with Gasteiger partial charge in [-0.05, 0) is 72.8 Å². The molecule has 5 heterocycles. The van der Waals surface area contributed by atoms with Crippen LogP contribution in [0.4, 0.5) is 0 Å². The van der Waals surface area contributed by atoms with Crippen molar-refractivity contribution in [2.45, 2.75) is 0 Å². The van der Waals surface area contributed by atoms with Gasteiger partial charge in [0.15, 0.2) is 17.5 Å². The van der Waals surface area contributed by atoms with Crippen LogP contribution < -0.4 is 0 Å². The van der Waals surface area contributed by atoms with Gasteiger partial charge in [0.05, 0.1) is 27.8 Å². The zero-order valence-electron chi connectivity index (χ0n) is 34.1. The maximum atomic E-state index is 6.22. The second-order valence-electron chi connectivity index (χ2n) is 16.3. The van der Waals surface area contributed by atoms with Gasteiger partial charge in [0.1, 0.15) is 11.2 Å². The number of nitrogens with zero attached hydrogens (tertiary/aromatic N) is 5. The van der Waals surface area contributed by atoms with Gasteiger partial charge in [-0.1, -0.05) is 127 Å². The van der Waals surface area contributed by atoms with E-state index in [0.29, 0.717) is 17.5 Å². The van der Waals surface area contributed by atoms with Crippen molar-refractivity contribution >= 4 is 97.1 Å². The highest BCUT2D eigenvalue weighted by Crippen LogP contribution is 2.46. The summed E-state index contributed by atoms with van der Waals surface area (Å²) in [6, 6.07) is 70.8. The van der Waals surface area contributed by atoms with E-state index >= 15 is 0 Å². The van der Waals surface area contributed by atoms with E-state index in [0.717, 1.165) is 65.7 Å². The van der Waals surface area contributed by atoms with Crippen molar-refractivity contribution in [1.29, 1.82) is 0 Å². The Kier molecular flexibility index (Phi) is 7.46. The number of fused-ring (bicyclic) bond motifs is 13. The molecule has 64 heavy (non-hydrogen) atoms. The van der Waals surface area contributed by atoms with Gasteiger partial charge in [0.2, 0.25) is 0 Å². The van der Waals surface area contributed by atoms with E-state index in [1.807, 2.05) is 48.5 Å². The number of thiophene rings is 1. The van der Waals surface area contributed by atoms with Crippen LogP contribution in [0.5, 0.6) is 0 Å². The van der Waals surface area contributed by atoms with E-state index in [9.17, 15) is 0 Å². The molecule has 7 heteroatoms. The van der Waals surface area contributed by atoms with E-state index in [2.05, 4.69) is 161 Å². The van der Waals surface area contributed by atoms with Gasteiger partial charge in [-0.2, -0.15) is 0 Å². The molecule has 0 atom stereocenters. The minimum absolute atomic E-state index is 0.599. The Morgan fingerprint density at radius 2 is 0.984 bits per heavy atom. The molecular weight excluding hydrogens is 803 g/mol. The molecule has 0 aliphatic heterocycles. The zero-order valence-corrected chi connectivity index (χ0v) is 34.9. The van der Waals surface area contributed by atoms with Gasteiger partial charge in [-0.15, -0.1) is 11.3 Å². The second-order valence-corrected chi connectivity index (χ2v) is 17.4. The highest BCUT2D eigenvalue weighted by atomic mass is 32.1. The van der Waals surface area contributed by atoms with Gasteiger partial charge in [0.25, 0.3) is 0 Å². The number of furan rings is 1. The van der Waals surface area contributed by atoms with Gasteiger partial charge >= 0.3 is 0 Å². The van der Waals surface area contributed by atoms with Crippen molar-refractivity contribution in [2.24, 2.45) is 0 Å². The molecule has 14 aromatic rings. The molecule has 0 amide bonds. The van der Waals surface area contributed by atoms with Crippen molar-refractivity contribution in [2.75, 3.05) is 0 Å². The Balaban J connectivity index is 1.08. The number of rotatable bonds is 5. The molecule has 0 spiro atoms. The lowest BCUT2D eigenvalue weighted by Gasteiger charge is -2.14. The summed E-state index contributed by atoms with van der Waals surface area (Å²) in [5.74, 6) is 1.82. The van der Waals surface area contributed by atoms with Crippen LogP contribution in [-0.4, -0.2) is 24.1 Å². The number of aromatic nitrogens is 5. The summed E-state index contributed by atoms with van der Waals surface area (Å²) in [6.07, 6.45) is 0. The lowest BCUT2D eigenvalue weighted by Crippen LogP contribution is -2.01. The summed E-state index contributed by atoms with van der Waals surface area (Å²) >= 11 is 1.80. The van der Waals surface area contributed by atoms with Gasteiger partial charge in [-0.25, -0.2) is 15.0 Å². The van der Waals surface area contributed by atoms with Crippen molar-refractivity contribution < 1.29 is 4.42 Å². The predicted octanol–water partition coefficient (Wildman–Crippen LogP) is 15.3. The SMILES string of the molecule is c1ccc(-c2nc(-c3cc(-n4c5ccccc5c5c4ccc4c6ccccc6n(-c6ccccc6)c45)c4c(c3)sc3ccccc34)nc(-c3ccc4oc5ccccc5c4c3)n2)cc1. The fourth-order valence-electron chi connectivity index (χ4n) is 9.97. The van der Waals surface area contributed by atoms with Crippen LogP contribution >= 0.6 is 11.3 Å². The van der Waals surface area contributed by atoms with Crippen LogP contribution in [0.25, 0.3) is 131 Å². The molecule has 0 fully saturated rings. The predicted molar refractivity (Wildman–Crippen MR) is 265 cm³/mol. The highest BCUT2D eigenvalue weighted by Gasteiger charge is 2.24. The molecule has 9 aromatic carbocycles. The van der Waals surface area contributed by atoms with Gasteiger partial charge < -0.3 is 13.6 Å². The fourth-order valence-corrected chi connectivity index (χ4v) is 11.1. The molecule has 14 rings (SSSR count). The quantitative estimate of drug-likeness (QED) is 0.173. The standard InChI is InChI=1S/C57H33N5OS/c1-3-15-34(16-4-1)55-58-56(35-27-30-49-43(31-35)39-20-9-13-25-48(39)63-49)60-57(59-55)36-32-47(52-42-22-10-14-26-50(42)64-51(52)33-36)62-45-24-12-8-21-41(45)53-46(62)29-28-40-38-19-7-11-23-44(38)61(54(40)53)37-17-5-2-6-18-37/h1-33H. The summed E-state index contributed by atoms with van der Waals surface area (Å²) < 4.78 is 13.5. The first-order valence-corrected chi connectivity index (χ1v) is 22.3. The lowest BCUT2D eigenvalue weighted by molar-refractivity contribution is 0.669. The molecule has 6 nitrogen and oxygen atoms in total. The van der Waals surface area contributed by atoms with Gasteiger partial charge in [-0.3, -0.25) is 0 Å². The molecule has 0 bridgehead atoms. The summed E-state index contributed by atoms with van der Waals surface area (Å²) in [6.45, 7) is 0. The third-order valence-corrected chi connectivity index (χ3v) is 13.9. The molecule has 0 aliphatic carbocycles. The van der Waals surface area contributed by atoms with Crippen LogP contribution in [0.15, 0.2) is 205 Å². The smallest absolute Gasteiger partial charge is 0.164 e. The van der Waals surface area contributed by atoms with Crippen LogP contribution in [-0.2, 0) is 0 Å². The normalized spacial score (nSPS) is 12.1. The third-order valence-electron chi connectivity index (χ3n) is 12.7. The first-order valence-electron chi connectivity index (χ1n) is 21.4. The number of benzene rings is 9. The first-order chi connectivity index (χ1) is 31.7. The van der Waals surface area contributed by atoms with E-state index in [1.54, 1.807) is 11.3 Å². The van der Waals surface area contributed by atoms with Crippen LogP contribution in [0.1, 0.15) is 0 Å². The van der Waals surface area contributed by atoms with Crippen LogP contribution in [0.3, 0.4) is 0 Å². The Hall–Kier alpha value is -8.39. The summed E-state index contributed by atoms with van der Waals surface area (Å²) in [5.41, 5.74) is 11.3. The van der Waals surface area contributed by atoms with E-state index in [-0.39, 0.29) is 0 Å². The Bertz CT molecular complexity index is 4200. The van der Waals surface area contributed by atoms with Crippen molar-refractivity contribution in [3.63, 3.8) is 0 Å². The second kappa shape index (κ2) is 13.6. The molecule has 298 valence electrons. The lowest BCUT2D eigenvalue weighted by atomic mass is 10.1. The first kappa shape index (κ1) is 35.2. The average molecular weight is 836 g/mol. The molecule has 0 saturated heterocycles. The largest absolute Gasteiger partial charge is 0.456 e. The minimum Gasteiger partial charge on any atom is -0.456 e. The zero-order chi connectivity index (χ0) is 41.9. The maximum absolute atomic E-state index is 6.22. The minimum atomic E-state index is 0.599. The summed E-state index contributed by atoms with van der Waals surface area (Å²) in [5, 5.41) is 9.36.